The number of nitrogens with one attached hydrogen (secondary N) is 1. The number of ether oxygens (including phenoxy) is 1. The standard InChI is InChI=1S/C10H12BrNO3S/c1-3-16(13,14)12-7-8-9(11)5-4-6-10(8)15-2/h3-6,12H,1,7H2,2H3. The molecule has 0 spiro atoms. The van der Waals surface area contributed by atoms with Crippen LogP contribution in [0.3, 0.4) is 0 Å². The summed E-state index contributed by atoms with van der Waals surface area (Å²) >= 11 is 3.34. The van der Waals surface area contributed by atoms with Gasteiger partial charge in [-0.25, -0.2) is 13.1 Å². The highest BCUT2D eigenvalue weighted by molar-refractivity contribution is 9.10. The molecule has 0 unspecified atom stereocenters. The Balaban J connectivity index is 2.93. The van der Waals surface area contributed by atoms with Crippen LogP contribution in [0.4, 0.5) is 0 Å². The van der Waals surface area contributed by atoms with Crippen LogP contribution in [0.25, 0.3) is 0 Å². The van der Waals surface area contributed by atoms with E-state index < -0.39 is 10.0 Å². The molecule has 88 valence electrons. The Labute approximate surface area is 103 Å². The second kappa shape index (κ2) is 5.47. The Hall–Kier alpha value is -0.850. The molecule has 16 heavy (non-hydrogen) atoms. The molecule has 1 N–H and O–H groups in total. The van der Waals surface area contributed by atoms with Gasteiger partial charge >= 0.3 is 0 Å². The largest absolute Gasteiger partial charge is 0.496 e. The fraction of sp³-hybridized carbons (Fsp3) is 0.200. The zero-order chi connectivity index (χ0) is 12.2. The maximum absolute atomic E-state index is 11.2. The van der Waals surface area contributed by atoms with Gasteiger partial charge in [-0.15, -0.1) is 0 Å². The molecule has 0 bridgehead atoms. The monoisotopic (exact) mass is 305 g/mol. The zero-order valence-electron chi connectivity index (χ0n) is 8.73. The third-order valence-electron chi connectivity index (χ3n) is 1.97. The summed E-state index contributed by atoms with van der Waals surface area (Å²) in [7, 11) is -1.89. The molecule has 0 aliphatic heterocycles. The minimum Gasteiger partial charge on any atom is -0.496 e. The van der Waals surface area contributed by atoms with E-state index in [0.717, 1.165) is 15.4 Å². The van der Waals surface area contributed by atoms with Crippen molar-refractivity contribution in [2.24, 2.45) is 0 Å². The number of benzene rings is 1. The van der Waals surface area contributed by atoms with Gasteiger partial charge in [0.25, 0.3) is 0 Å². The highest BCUT2D eigenvalue weighted by atomic mass is 79.9. The Kier molecular flexibility index (Phi) is 4.52. The Bertz CT molecular complexity index is 485. The molecule has 0 aliphatic rings. The number of methoxy groups -OCH3 is 1. The van der Waals surface area contributed by atoms with Crippen LogP contribution in [0.15, 0.2) is 34.7 Å². The van der Waals surface area contributed by atoms with E-state index >= 15 is 0 Å². The summed E-state index contributed by atoms with van der Waals surface area (Å²) in [5, 5.41) is 0.871. The van der Waals surface area contributed by atoms with Crippen LogP contribution >= 0.6 is 15.9 Å². The van der Waals surface area contributed by atoms with E-state index in [4.69, 9.17) is 4.74 Å². The third kappa shape index (κ3) is 3.33. The molecule has 0 radical (unpaired) electrons. The van der Waals surface area contributed by atoms with Crippen LogP contribution in [0.5, 0.6) is 5.75 Å². The molecule has 0 saturated heterocycles. The molecule has 0 aromatic heterocycles. The smallest absolute Gasteiger partial charge is 0.233 e. The van der Waals surface area contributed by atoms with Crippen LogP contribution in [-0.4, -0.2) is 15.5 Å². The van der Waals surface area contributed by atoms with Crippen molar-refractivity contribution in [1.82, 2.24) is 4.72 Å². The maximum atomic E-state index is 11.2. The molecule has 1 rings (SSSR count). The van der Waals surface area contributed by atoms with E-state index in [-0.39, 0.29) is 6.54 Å². The summed E-state index contributed by atoms with van der Waals surface area (Å²) in [5.41, 5.74) is 0.746. The number of halogens is 1. The fourth-order valence-corrected chi connectivity index (χ4v) is 2.08. The van der Waals surface area contributed by atoms with E-state index in [9.17, 15) is 8.42 Å². The van der Waals surface area contributed by atoms with Gasteiger partial charge in [0.15, 0.2) is 0 Å². The Morgan fingerprint density at radius 1 is 1.56 bits per heavy atom. The molecular weight excluding hydrogens is 294 g/mol. The predicted molar refractivity (Wildman–Crippen MR) is 66.7 cm³/mol. The van der Waals surface area contributed by atoms with Crippen molar-refractivity contribution in [3.05, 3.63) is 40.2 Å². The molecule has 1 aromatic rings. The van der Waals surface area contributed by atoms with Gasteiger partial charge in [0.1, 0.15) is 5.75 Å². The van der Waals surface area contributed by atoms with E-state index in [1.54, 1.807) is 6.07 Å². The van der Waals surface area contributed by atoms with Gasteiger partial charge in [0.05, 0.1) is 7.11 Å². The Morgan fingerprint density at radius 2 is 2.25 bits per heavy atom. The number of rotatable bonds is 5. The number of hydrogen-bond donors (Lipinski definition) is 1. The quantitative estimate of drug-likeness (QED) is 0.905. The van der Waals surface area contributed by atoms with Gasteiger partial charge in [-0.3, -0.25) is 0 Å². The Morgan fingerprint density at radius 3 is 2.81 bits per heavy atom. The molecule has 0 atom stereocenters. The highest BCUT2D eigenvalue weighted by Crippen LogP contribution is 2.26. The molecule has 0 saturated carbocycles. The first kappa shape index (κ1) is 13.2. The van der Waals surface area contributed by atoms with Gasteiger partial charge in [0.2, 0.25) is 10.0 Å². The lowest BCUT2D eigenvalue weighted by atomic mass is 10.2. The van der Waals surface area contributed by atoms with E-state index in [1.807, 2.05) is 12.1 Å². The lowest BCUT2D eigenvalue weighted by Crippen LogP contribution is -2.20. The van der Waals surface area contributed by atoms with Crippen molar-refractivity contribution >= 4 is 26.0 Å². The molecule has 6 heteroatoms. The number of hydrogen-bond acceptors (Lipinski definition) is 3. The van der Waals surface area contributed by atoms with Gasteiger partial charge in [-0.05, 0) is 12.1 Å². The van der Waals surface area contributed by atoms with Crippen LogP contribution in [0, 0.1) is 0 Å². The molecule has 0 heterocycles. The van der Waals surface area contributed by atoms with Crippen molar-refractivity contribution in [2.45, 2.75) is 6.54 Å². The topological polar surface area (TPSA) is 55.4 Å². The van der Waals surface area contributed by atoms with E-state index in [2.05, 4.69) is 27.2 Å². The first-order valence-corrected chi connectivity index (χ1v) is 6.77. The van der Waals surface area contributed by atoms with Crippen molar-refractivity contribution in [3.63, 3.8) is 0 Å². The third-order valence-corrected chi connectivity index (χ3v) is 3.69. The van der Waals surface area contributed by atoms with Gasteiger partial charge in [0, 0.05) is 22.0 Å². The van der Waals surface area contributed by atoms with E-state index in [0.29, 0.717) is 5.75 Å². The van der Waals surface area contributed by atoms with Crippen LogP contribution in [0.1, 0.15) is 5.56 Å². The van der Waals surface area contributed by atoms with Crippen molar-refractivity contribution in [2.75, 3.05) is 7.11 Å². The lowest BCUT2D eigenvalue weighted by Gasteiger charge is -2.10. The van der Waals surface area contributed by atoms with Gasteiger partial charge < -0.3 is 4.74 Å². The molecule has 0 aliphatic carbocycles. The summed E-state index contributed by atoms with van der Waals surface area (Å²) in [5.74, 6) is 0.626. The summed E-state index contributed by atoms with van der Waals surface area (Å²) < 4.78 is 30.7. The zero-order valence-corrected chi connectivity index (χ0v) is 11.1. The average Bonchev–Trinajstić information content (AvgIpc) is 2.27. The summed E-state index contributed by atoms with van der Waals surface area (Å²) in [6, 6.07) is 5.40. The maximum Gasteiger partial charge on any atom is 0.233 e. The van der Waals surface area contributed by atoms with Crippen LogP contribution in [0.2, 0.25) is 0 Å². The number of sulfonamides is 1. The summed E-state index contributed by atoms with van der Waals surface area (Å²) in [6.07, 6.45) is 0. The predicted octanol–water partition coefficient (Wildman–Crippen LogP) is 2.02. The average molecular weight is 306 g/mol. The van der Waals surface area contributed by atoms with Crippen molar-refractivity contribution < 1.29 is 13.2 Å². The van der Waals surface area contributed by atoms with Crippen LogP contribution in [-0.2, 0) is 16.6 Å². The van der Waals surface area contributed by atoms with E-state index in [1.165, 1.54) is 7.11 Å². The van der Waals surface area contributed by atoms with Gasteiger partial charge in [-0.2, -0.15) is 0 Å². The highest BCUT2D eigenvalue weighted by Gasteiger charge is 2.10. The molecule has 0 fully saturated rings. The van der Waals surface area contributed by atoms with Crippen LogP contribution < -0.4 is 9.46 Å². The minimum atomic E-state index is -3.42. The van der Waals surface area contributed by atoms with Crippen molar-refractivity contribution in [3.8, 4) is 5.75 Å². The minimum absolute atomic E-state index is 0.152. The van der Waals surface area contributed by atoms with Gasteiger partial charge in [-0.1, -0.05) is 28.6 Å². The normalized spacial score (nSPS) is 11.1. The summed E-state index contributed by atoms with van der Waals surface area (Å²) in [4.78, 5) is 0. The SMILES string of the molecule is C=CS(=O)(=O)NCc1c(Br)cccc1OC. The molecular formula is C10H12BrNO3S. The fourth-order valence-electron chi connectivity index (χ4n) is 1.13. The molecule has 0 amide bonds. The summed E-state index contributed by atoms with van der Waals surface area (Å²) in [6.45, 7) is 3.37. The lowest BCUT2D eigenvalue weighted by molar-refractivity contribution is 0.408. The van der Waals surface area contributed by atoms with Crippen molar-refractivity contribution in [1.29, 1.82) is 0 Å². The molecule has 1 aromatic carbocycles. The second-order valence-corrected chi connectivity index (χ2v) is 5.52. The second-order valence-electron chi connectivity index (χ2n) is 2.95. The first-order valence-electron chi connectivity index (χ1n) is 4.43. The first-order chi connectivity index (χ1) is 7.50. The molecule has 4 nitrogen and oxygen atoms in total.